The fourth-order valence-electron chi connectivity index (χ4n) is 3.17. The molecule has 0 saturated carbocycles. The molecule has 0 aliphatic carbocycles. The second-order valence-corrected chi connectivity index (χ2v) is 7.45. The van der Waals surface area contributed by atoms with Crippen LogP contribution in [0.5, 0.6) is 5.75 Å². The lowest BCUT2D eigenvalue weighted by atomic mass is 10.1. The van der Waals surface area contributed by atoms with Crippen LogP contribution in [-0.4, -0.2) is 47.6 Å². The predicted octanol–water partition coefficient (Wildman–Crippen LogP) is 4.30. The highest BCUT2D eigenvalue weighted by atomic mass is 16.5. The number of rotatable bonds is 19. The smallest absolute Gasteiger partial charge is 0.335 e. The molecule has 1 aromatic carbocycles. The molecule has 3 N–H and O–H groups in total. The Morgan fingerprint density at radius 1 is 0.900 bits per heavy atom. The van der Waals surface area contributed by atoms with E-state index in [2.05, 4.69) is 5.32 Å². The van der Waals surface area contributed by atoms with Crippen molar-refractivity contribution in [1.82, 2.24) is 5.32 Å². The van der Waals surface area contributed by atoms with Gasteiger partial charge in [0.15, 0.2) is 0 Å². The summed E-state index contributed by atoms with van der Waals surface area (Å²) in [6, 6.07) is 5.85. The molecule has 0 aliphatic rings. The summed E-state index contributed by atoms with van der Waals surface area (Å²) in [6.07, 6.45) is 11.5. The SMILES string of the molecule is O=CCCC(NCCCCCCCCCCCOc1ccc(C(=O)O)cc1)C(=O)O. The summed E-state index contributed by atoms with van der Waals surface area (Å²) in [5.74, 6) is -1.12. The number of hydrogen-bond acceptors (Lipinski definition) is 5. The van der Waals surface area contributed by atoms with Gasteiger partial charge in [0, 0.05) is 6.42 Å². The van der Waals surface area contributed by atoms with Crippen molar-refractivity contribution in [3.05, 3.63) is 29.8 Å². The van der Waals surface area contributed by atoms with Crippen LogP contribution in [0.25, 0.3) is 0 Å². The number of benzene rings is 1. The molecule has 0 amide bonds. The second kappa shape index (κ2) is 16.4. The van der Waals surface area contributed by atoms with E-state index >= 15 is 0 Å². The molecule has 1 atom stereocenters. The van der Waals surface area contributed by atoms with E-state index in [4.69, 9.17) is 14.9 Å². The van der Waals surface area contributed by atoms with Gasteiger partial charge in [0.1, 0.15) is 18.1 Å². The molecule has 0 aromatic heterocycles. The van der Waals surface area contributed by atoms with E-state index in [1.807, 2.05) is 0 Å². The van der Waals surface area contributed by atoms with Crippen molar-refractivity contribution in [2.24, 2.45) is 0 Å². The summed E-state index contributed by atoms with van der Waals surface area (Å²) in [5.41, 5.74) is 0.262. The van der Waals surface area contributed by atoms with Crippen LogP contribution in [0, 0.1) is 0 Å². The maximum Gasteiger partial charge on any atom is 0.335 e. The monoisotopic (exact) mass is 421 g/mol. The van der Waals surface area contributed by atoms with Crippen molar-refractivity contribution in [2.45, 2.75) is 76.7 Å². The normalized spacial score (nSPS) is 11.7. The Hall–Kier alpha value is -2.41. The highest BCUT2D eigenvalue weighted by Gasteiger charge is 2.15. The van der Waals surface area contributed by atoms with Gasteiger partial charge in [0.05, 0.1) is 12.2 Å². The van der Waals surface area contributed by atoms with Crippen molar-refractivity contribution >= 4 is 18.2 Å². The summed E-state index contributed by atoms with van der Waals surface area (Å²) in [7, 11) is 0. The van der Waals surface area contributed by atoms with Gasteiger partial charge in [-0.15, -0.1) is 0 Å². The quantitative estimate of drug-likeness (QED) is 0.225. The number of ether oxygens (including phenoxy) is 1. The average Bonchev–Trinajstić information content (AvgIpc) is 2.73. The maximum atomic E-state index is 11.0. The third-order valence-electron chi connectivity index (χ3n) is 4.95. The molecule has 1 rings (SSSR count). The predicted molar refractivity (Wildman–Crippen MR) is 115 cm³/mol. The molecule has 0 spiro atoms. The van der Waals surface area contributed by atoms with Crippen LogP contribution < -0.4 is 10.1 Å². The van der Waals surface area contributed by atoms with Gasteiger partial charge in [-0.1, -0.05) is 44.9 Å². The molecular weight excluding hydrogens is 386 g/mol. The summed E-state index contributed by atoms with van der Waals surface area (Å²) in [5, 5.41) is 20.9. The standard InChI is InChI=1S/C23H35NO6/c25-17-10-11-21(23(28)29)24-16-8-6-4-2-1-3-5-7-9-18-30-20-14-12-19(13-15-20)22(26)27/h12-15,17,21,24H,1-11,16,18H2,(H,26,27)(H,28,29). The van der Waals surface area contributed by atoms with Crippen molar-refractivity contribution in [3.63, 3.8) is 0 Å². The number of hydrogen-bond donors (Lipinski definition) is 3. The summed E-state index contributed by atoms with van der Waals surface area (Å²) >= 11 is 0. The topological polar surface area (TPSA) is 113 Å². The van der Waals surface area contributed by atoms with E-state index in [-0.39, 0.29) is 12.0 Å². The maximum absolute atomic E-state index is 11.0. The zero-order valence-corrected chi connectivity index (χ0v) is 17.7. The number of aromatic carboxylic acids is 1. The van der Waals surface area contributed by atoms with Crippen molar-refractivity contribution < 1.29 is 29.3 Å². The molecule has 0 saturated heterocycles. The highest BCUT2D eigenvalue weighted by Crippen LogP contribution is 2.14. The summed E-state index contributed by atoms with van der Waals surface area (Å²) in [6.45, 7) is 1.32. The van der Waals surface area contributed by atoms with Gasteiger partial charge < -0.3 is 25.1 Å². The Morgan fingerprint density at radius 2 is 1.47 bits per heavy atom. The number of carbonyl (C=O) groups excluding carboxylic acids is 1. The number of aldehydes is 1. The fourth-order valence-corrected chi connectivity index (χ4v) is 3.17. The number of carboxylic acid groups (broad SMARTS) is 2. The molecule has 1 unspecified atom stereocenters. The zero-order valence-electron chi connectivity index (χ0n) is 17.7. The molecule has 0 bridgehead atoms. The second-order valence-electron chi connectivity index (χ2n) is 7.45. The van der Waals surface area contributed by atoms with E-state index in [0.29, 0.717) is 25.3 Å². The molecule has 168 valence electrons. The summed E-state index contributed by atoms with van der Waals surface area (Å²) in [4.78, 5) is 32.2. The Labute approximate surface area is 178 Å². The van der Waals surface area contributed by atoms with E-state index in [1.54, 1.807) is 24.3 Å². The molecule has 7 nitrogen and oxygen atoms in total. The van der Waals surface area contributed by atoms with Crippen molar-refractivity contribution in [3.8, 4) is 5.75 Å². The molecular formula is C23H35NO6. The van der Waals surface area contributed by atoms with Crippen LogP contribution in [0.3, 0.4) is 0 Å². The van der Waals surface area contributed by atoms with Gasteiger partial charge in [-0.05, 0) is 50.1 Å². The molecule has 0 aliphatic heterocycles. The van der Waals surface area contributed by atoms with Crippen LogP contribution in [0.4, 0.5) is 0 Å². The minimum atomic E-state index is -0.934. The first-order valence-corrected chi connectivity index (χ1v) is 10.9. The lowest BCUT2D eigenvalue weighted by molar-refractivity contribution is -0.139. The van der Waals surface area contributed by atoms with Crippen LogP contribution in [0.2, 0.25) is 0 Å². The number of nitrogens with one attached hydrogen (secondary N) is 1. The van der Waals surface area contributed by atoms with Gasteiger partial charge in [-0.2, -0.15) is 0 Å². The van der Waals surface area contributed by atoms with Gasteiger partial charge >= 0.3 is 11.9 Å². The fraction of sp³-hybridized carbons (Fsp3) is 0.609. The van der Waals surface area contributed by atoms with Crippen LogP contribution in [0.1, 0.15) is 81.0 Å². The third-order valence-corrected chi connectivity index (χ3v) is 4.95. The van der Waals surface area contributed by atoms with Crippen molar-refractivity contribution in [1.29, 1.82) is 0 Å². The van der Waals surface area contributed by atoms with Crippen molar-refractivity contribution in [2.75, 3.05) is 13.2 Å². The highest BCUT2D eigenvalue weighted by molar-refractivity contribution is 5.87. The van der Waals surface area contributed by atoms with Gasteiger partial charge in [0.25, 0.3) is 0 Å². The number of carboxylic acids is 2. The Balaban J connectivity index is 1.90. The average molecular weight is 422 g/mol. The number of aliphatic carboxylic acids is 1. The number of carbonyl (C=O) groups is 3. The first-order chi connectivity index (χ1) is 14.5. The molecule has 30 heavy (non-hydrogen) atoms. The number of unbranched alkanes of at least 4 members (excludes halogenated alkanes) is 8. The van der Waals surface area contributed by atoms with E-state index in [0.717, 1.165) is 38.4 Å². The molecule has 1 aromatic rings. The first kappa shape index (κ1) is 25.6. The van der Waals surface area contributed by atoms with Gasteiger partial charge in [0.2, 0.25) is 0 Å². The molecule has 7 heteroatoms. The third kappa shape index (κ3) is 12.2. The first-order valence-electron chi connectivity index (χ1n) is 10.9. The lowest BCUT2D eigenvalue weighted by Crippen LogP contribution is -2.37. The van der Waals surface area contributed by atoms with Crippen LogP contribution >= 0.6 is 0 Å². The largest absolute Gasteiger partial charge is 0.494 e. The molecule has 0 fully saturated rings. The van der Waals surface area contributed by atoms with Gasteiger partial charge in [-0.3, -0.25) is 4.79 Å². The van der Waals surface area contributed by atoms with E-state index in [9.17, 15) is 14.4 Å². The molecule has 0 radical (unpaired) electrons. The lowest BCUT2D eigenvalue weighted by Gasteiger charge is -2.12. The minimum Gasteiger partial charge on any atom is -0.494 e. The zero-order chi connectivity index (χ0) is 22.0. The van der Waals surface area contributed by atoms with Crippen LogP contribution in [-0.2, 0) is 9.59 Å². The minimum absolute atomic E-state index is 0.262. The molecule has 0 heterocycles. The van der Waals surface area contributed by atoms with E-state index in [1.165, 1.54) is 25.7 Å². The Morgan fingerprint density at radius 3 is 2.00 bits per heavy atom. The van der Waals surface area contributed by atoms with Crippen LogP contribution in [0.15, 0.2) is 24.3 Å². The van der Waals surface area contributed by atoms with Gasteiger partial charge in [-0.25, -0.2) is 4.79 Å². The van der Waals surface area contributed by atoms with E-state index < -0.39 is 18.0 Å². The Bertz CT molecular complexity index is 617. The summed E-state index contributed by atoms with van der Waals surface area (Å²) < 4.78 is 5.62. The Kier molecular flexibility index (Phi) is 14.0.